The Labute approximate surface area is 233 Å². The van der Waals surface area contributed by atoms with Crippen molar-refractivity contribution in [1.82, 2.24) is 0 Å². The molecular formula is C26H20Cl2N2O5S2. The molecule has 0 aliphatic carbocycles. The second kappa shape index (κ2) is 11.9. The van der Waals surface area contributed by atoms with Crippen molar-refractivity contribution in [1.29, 1.82) is 0 Å². The number of hydrogen-bond donors (Lipinski definition) is 1. The van der Waals surface area contributed by atoms with E-state index in [1.807, 2.05) is 0 Å². The number of amides is 2. The fourth-order valence-corrected chi connectivity index (χ4v) is 5.10. The topological polar surface area (TPSA) is 77.1 Å². The SMILES string of the molecule is COc1ccc(N2C(=O)/C(=C/c3cc(Cl)c(OCC(=O)Nc4ccc(Cl)cc4)c(OC)c3)SC2=S)cc1. The number of ether oxygens (including phenoxy) is 3. The molecule has 0 unspecified atom stereocenters. The van der Waals surface area contributed by atoms with Crippen LogP contribution in [-0.4, -0.2) is 37.0 Å². The van der Waals surface area contributed by atoms with Crippen LogP contribution in [0.3, 0.4) is 0 Å². The third-order valence-corrected chi connectivity index (χ3v) is 6.98. The van der Waals surface area contributed by atoms with Crippen LogP contribution < -0.4 is 24.4 Å². The fourth-order valence-electron chi connectivity index (χ4n) is 3.40. The predicted octanol–water partition coefficient (Wildman–Crippen LogP) is 6.43. The van der Waals surface area contributed by atoms with E-state index in [2.05, 4.69) is 5.32 Å². The number of thiocarbonyl (C=S) groups is 1. The number of nitrogens with zero attached hydrogens (tertiary/aromatic N) is 1. The molecule has 1 aliphatic heterocycles. The number of nitrogens with one attached hydrogen (secondary N) is 1. The Kier molecular flexibility index (Phi) is 8.60. The number of carbonyl (C=O) groups is 2. The van der Waals surface area contributed by atoms with Gasteiger partial charge in [0, 0.05) is 10.7 Å². The van der Waals surface area contributed by atoms with Crippen LogP contribution in [0, 0.1) is 0 Å². The largest absolute Gasteiger partial charge is 0.497 e. The van der Waals surface area contributed by atoms with Crippen molar-refractivity contribution in [3.8, 4) is 17.2 Å². The number of anilines is 2. The number of methoxy groups -OCH3 is 2. The number of rotatable bonds is 8. The van der Waals surface area contributed by atoms with Crippen LogP contribution in [0.4, 0.5) is 11.4 Å². The van der Waals surface area contributed by atoms with Crippen LogP contribution in [0.1, 0.15) is 5.56 Å². The lowest BCUT2D eigenvalue weighted by atomic mass is 10.1. The van der Waals surface area contributed by atoms with Gasteiger partial charge in [-0.2, -0.15) is 0 Å². The van der Waals surface area contributed by atoms with Gasteiger partial charge in [0.05, 0.1) is 29.8 Å². The molecule has 0 radical (unpaired) electrons. The highest BCUT2D eigenvalue weighted by Crippen LogP contribution is 2.40. The second-order valence-electron chi connectivity index (χ2n) is 7.59. The summed E-state index contributed by atoms with van der Waals surface area (Å²) >= 11 is 18.9. The molecule has 0 atom stereocenters. The number of thioether (sulfide) groups is 1. The maximum atomic E-state index is 13.1. The summed E-state index contributed by atoms with van der Waals surface area (Å²) in [7, 11) is 3.03. The molecule has 4 rings (SSSR count). The van der Waals surface area contributed by atoms with Crippen molar-refractivity contribution in [2.24, 2.45) is 0 Å². The van der Waals surface area contributed by atoms with Gasteiger partial charge in [-0.1, -0.05) is 47.2 Å². The normalized spacial score (nSPS) is 14.2. The fraction of sp³-hybridized carbons (Fsp3) is 0.115. The first kappa shape index (κ1) is 26.8. The van der Waals surface area contributed by atoms with E-state index in [4.69, 9.17) is 49.6 Å². The van der Waals surface area contributed by atoms with Crippen LogP contribution in [-0.2, 0) is 9.59 Å². The Bertz CT molecular complexity index is 1380. The molecule has 2 amide bonds. The molecule has 0 aromatic heterocycles. The van der Waals surface area contributed by atoms with Crippen molar-refractivity contribution in [2.45, 2.75) is 0 Å². The number of halogens is 2. The van der Waals surface area contributed by atoms with Crippen LogP contribution in [0.25, 0.3) is 6.08 Å². The highest BCUT2D eigenvalue weighted by atomic mass is 35.5. The van der Waals surface area contributed by atoms with Gasteiger partial charge in [0.25, 0.3) is 11.8 Å². The third kappa shape index (κ3) is 6.37. The summed E-state index contributed by atoms with van der Waals surface area (Å²) in [6, 6.07) is 17.0. The molecule has 0 bridgehead atoms. The lowest BCUT2D eigenvalue weighted by Gasteiger charge is -2.15. The van der Waals surface area contributed by atoms with E-state index in [0.717, 1.165) is 0 Å². The third-order valence-electron chi connectivity index (χ3n) is 5.15. The number of hydrogen-bond acceptors (Lipinski definition) is 7. The van der Waals surface area contributed by atoms with E-state index >= 15 is 0 Å². The number of benzene rings is 3. The van der Waals surface area contributed by atoms with Crippen LogP contribution >= 0.6 is 47.2 Å². The van der Waals surface area contributed by atoms with Crippen LogP contribution in [0.15, 0.2) is 65.6 Å². The highest BCUT2D eigenvalue weighted by Gasteiger charge is 2.33. The summed E-state index contributed by atoms with van der Waals surface area (Å²) in [4.78, 5) is 27.3. The Morgan fingerprint density at radius 1 is 1.05 bits per heavy atom. The summed E-state index contributed by atoms with van der Waals surface area (Å²) in [5, 5.41) is 3.49. The van der Waals surface area contributed by atoms with Gasteiger partial charge in [0.2, 0.25) is 0 Å². The molecule has 190 valence electrons. The average Bonchev–Trinajstić information content (AvgIpc) is 3.16. The Hall–Kier alpha value is -3.24. The minimum atomic E-state index is -0.383. The highest BCUT2D eigenvalue weighted by molar-refractivity contribution is 8.27. The van der Waals surface area contributed by atoms with Crippen molar-refractivity contribution >= 4 is 80.8 Å². The first-order valence-corrected chi connectivity index (χ1v) is 12.7. The Balaban J connectivity index is 1.49. The standard InChI is InChI=1S/C26H20Cl2N2O5S2/c1-33-19-9-7-18(8-10-19)30-25(32)22(37-26(30)36)13-15-11-20(28)24(21(12-15)34-2)35-14-23(31)29-17-5-3-16(27)4-6-17/h3-13H,14H2,1-2H3,(H,29,31)/b22-13-. The van der Waals surface area contributed by atoms with Gasteiger partial charge in [0.15, 0.2) is 22.4 Å². The molecule has 1 heterocycles. The van der Waals surface area contributed by atoms with Crippen LogP contribution in [0.5, 0.6) is 17.2 Å². The van der Waals surface area contributed by atoms with Gasteiger partial charge in [-0.15, -0.1) is 0 Å². The second-order valence-corrected chi connectivity index (χ2v) is 10.1. The molecule has 3 aromatic carbocycles. The van der Waals surface area contributed by atoms with Crippen molar-refractivity contribution in [2.75, 3.05) is 31.0 Å². The molecule has 1 fully saturated rings. The van der Waals surface area contributed by atoms with E-state index in [0.29, 0.717) is 42.7 Å². The Morgan fingerprint density at radius 2 is 1.76 bits per heavy atom. The minimum Gasteiger partial charge on any atom is -0.497 e. The first-order valence-electron chi connectivity index (χ1n) is 10.8. The maximum absolute atomic E-state index is 13.1. The molecule has 1 N–H and O–H groups in total. The zero-order valence-corrected chi connectivity index (χ0v) is 22.8. The summed E-state index contributed by atoms with van der Waals surface area (Å²) in [6.45, 7) is -0.293. The summed E-state index contributed by atoms with van der Waals surface area (Å²) in [5.41, 5.74) is 1.83. The monoisotopic (exact) mass is 574 g/mol. The van der Waals surface area contributed by atoms with E-state index in [9.17, 15) is 9.59 Å². The summed E-state index contributed by atoms with van der Waals surface area (Å²) in [6.07, 6.45) is 1.67. The van der Waals surface area contributed by atoms with E-state index in [1.54, 1.807) is 73.8 Å². The quantitative estimate of drug-likeness (QED) is 0.245. The molecule has 0 spiro atoms. The molecule has 0 saturated carbocycles. The van der Waals surface area contributed by atoms with Gasteiger partial charge >= 0.3 is 0 Å². The number of carbonyl (C=O) groups excluding carboxylic acids is 2. The summed E-state index contributed by atoms with van der Waals surface area (Å²) in [5.74, 6) is 0.555. The molecule has 1 aliphatic rings. The van der Waals surface area contributed by atoms with E-state index < -0.39 is 0 Å². The van der Waals surface area contributed by atoms with Gasteiger partial charge < -0.3 is 19.5 Å². The van der Waals surface area contributed by atoms with Crippen molar-refractivity contribution in [3.63, 3.8) is 0 Å². The molecular weight excluding hydrogens is 555 g/mol. The first-order chi connectivity index (χ1) is 17.8. The molecule has 37 heavy (non-hydrogen) atoms. The zero-order chi connectivity index (χ0) is 26.5. The van der Waals surface area contributed by atoms with Crippen LogP contribution in [0.2, 0.25) is 10.0 Å². The zero-order valence-electron chi connectivity index (χ0n) is 19.6. The molecule has 1 saturated heterocycles. The van der Waals surface area contributed by atoms with E-state index in [1.165, 1.54) is 23.8 Å². The smallest absolute Gasteiger partial charge is 0.270 e. The molecule has 3 aromatic rings. The minimum absolute atomic E-state index is 0.207. The van der Waals surface area contributed by atoms with Gasteiger partial charge in [-0.3, -0.25) is 14.5 Å². The Morgan fingerprint density at radius 3 is 2.41 bits per heavy atom. The average molecular weight is 575 g/mol. The van der Waals surface area contributed by atoms with Gasteiger partial charge in [-0.05, 0) is 72.3 Å². The van der Waals surface area contributed by atoms with E-state index in [-0.39, 0.29) is 29.2 Å². The lowest BCUT2D eigenvalue weighted by Crippen LogP contribution is -2.27. The van der Waals surface area contributed by atoms with Gasteiger partial charge in [-0.25, -0.2) is 0 Å². The lowest BCUT2D eigenvalue weighted by molar-refractivity contribution is -0.118. The maximum Gasteiger partial charge on any atom is 0.270 e. The van der Waals surface area contributed by atoms with Gasteiger partial charge in [0.1, 0.15) is 5.75 Å². The summed E-state index contributed by atoms with van der Waals surface area (Å²) < 4.78 is 16.7. The van der Waals surface area contributed by atoms with Crippen molar-refractivity contribution < 1.29 is 23.8 Å². The van der Waals surface area contributed by atoms with Crippen molar-refractivity contribution in [3.05, 3.63) is 81.2 Å². The molecule has 11 heteroatoms. The predicted molar refractivity (Wildman–Crippen MR) is 152 cm³/mol. The molecule has 7 nitrogen and oxygen atoms in total.